The SMILES string of the molecule is CCC[C@H]1CC[C@@H](C)N1. The second kappa shape index (κ2) is 3.21. The zero-order chi connectivity index (χ0) is 6.69. The molecule has 1 rings (SSSR count). The molecular weight excluding hydrogens is 110 g/mol. The maximum atomic E-state index is 3.55. The van der Waals surface area contributed by atoms with Crippen LogP contribution in [0.2, 0.25) is 0 Å². The van der Waals surface area contributed by atoms with E-state index in [4.69, 9.17) is 0 Å². The molecular formula is C8H17N. The van der Waals surface area contributed by atoms with Crippen LogP contribution < -0.4 is 5.32 Å². The number of hydrogen-bond donors (Lipinski definition) is 1. The van der Waals surface area contributed by atoms with E-state index in [2.05, 4.69) is 19.2 Å². The average molecular weight is 127 g/mol. The van der Waals surface area contributed by atoms with Gasteiger partial charge in [0.1, 0.15) is 0 Å². The van der Waals surface area contributed by atoms with Gasteiger partial charge in [-0.15, -0.1) is 0 Å². The Bertz CT molecular complexity index is 78.6. The van der Waals surface area contributed by atoms with Gasteiger partial charge in [0, 0.05) is 12.1 Å². The molecule has 1 saturated heterocycles. The normalized spacial score (nSPS) is 35.3. The first-order valence-corrected chi connectivity index (χ1v) is 4.09. The number of rotatable bonds is 2. The van der Waals surface area contributed by atoms with Crippen LogP contribution in [0.1, 0.15) is 39.5 Å². The Morgan fingerprint density at radius 1 is 1.44 bits per heavy atom. The molecule has 1 aliphatic heterocycles. The Balaban J connectivity index is 2.14. The predicted octanol–water partition coefficient (Wildman–Crippen LogP) is 1.93. The van der Waals surface area contributed by atoms with Gasteiger partial charge in [0.25, 0.3) is 0 Å². The minimum atomic E-state index is 0.779. The molecule has 0 unspecified atom stereocenters. The summed E-state index contributed by atoms with van der Waals surface area (Å²) in [5, 5.41) is 3.55. The zero-order valence-corrected chi connectivity index (χ0v) is 6.48. The Morgan fingerprint density at radius 3 is 2.67 bits per heavy atom. The molecule has 54 valence electrons. The van der Waals surface area contributed by atoms with Crippen molar-refractivity contribution in [3.8, 4) is 0 Å². The van der Waals surface area contributed by atoms with E-state index < -0.39 is 0 Å². The lowest BCUT2D eigenvalue weighted by atomic mass is 10.1. The molecule has 9 heavy (non-hydrogen) atoms. The molecule has 0 spiro atoms. The second-order valence-electron chi connectivity index (χ2n) is 3.13. The predicted molar refractivity (Wildman–Crippen MR) is 40.5 cm³/mol. The lowest BCUT2D eigenvalue weighted by Crippen LogP contribution is -2.26. The first kappa shape index (κ1) is 7.07. The molecule has 0 aromatic carbocycles. The molecule has 0 aromatic rings. The highest BCUT2D eigenvalue weighted by molar-refractivity contribution is 4.79. The fraction of sp³-hybridized carbons (Fsp3) is 1.00. The van der Waals surface area contributed by atoms with E-state index in [0.29, 0.717) is 0 Å². The van der Waals surface area contributed by atoms with Crippen LogP contribution in [0.5, 0.6) is 0 Å². The molecule has 1 heteroatoms. The summed E-state index contributed by atoms with van der Waals surface area (Å²) in [5.74, 6) is 0. The molecule has 1 N–H and O–H groups in total. The topological polar surface area (TPSA) is 12.0 Å². The van der Waals surface area contributed by atoms with Gasteiger partial charge in [-0.2, -0.15) is 0 Å². The Kier molecular flexibility index (Phi) is 2.52. The van der Waals surface area contributed by atoms with Crippen molar-refractivity contribution < 1.29 is 0 Å². The van der Waals surface area contributed by atoms with Crippen LogP contribution >= 0.6 is 0 Å². The molecule has 1 aliphatic rings. The fourth-order valence-electron chi connectivity index (χ4n) is 1.60. The van der Waals surface area contributed by atoms with Crippen molar-refractivity contribution in [3.05, 3.63) is 0 Å². The van der Waals surface area contributed by atoms with E-state index in [0.717, 1.165) is 12.1 Å². The van der Waals surface area contributed by atoms with Crippen molar-refractivity contribution in [2.75, 3.05) is 0 Å². The van der Waals surface area contributed by atoms with Crippen LogP contribution in [0.15, 0.2) is 0 Å². The average Bonchev–Trinajstić information content (AvgIpc) is 2.17. The molecule has 0 radical (unpaired) electrons. The standard InChI is InChI=1S/C8H17N/c1-3-4-8-6-5-7(2)9-8/h7-9H,3-6H2,1-2H3/t7-,8+/m1/s1. The fourth-order valence-corrected chi connectivity index (χ4v) is 1.60. The zero-order valence-electron chi connectivity index (χ0n) is 6.48. The van der Waals surface area contributed by atoms with Crippen LogP contribution in [-0.4, -0.2) is 12.1 Å². The van der Waals surface area contributed by atoms with Crippen molar-refractivity contribution in [2.45, 2.75) is 51.6 Å². The van der Waals surface area contributed by atoms with Crippen LogP contribution in [0.3, 0.4) is 0 Å². The largest absolute Gasteiger partial charge is 0.312 e. The number of hydrogen-bond acceptors (Lipinski definition) is 1. The van der Waals surface area contributed by atoms with Gasteiger partial charge < -0.3 is 5.32 Å². The Hall–Kier alpha value is -0.0400. The Morgan fingerprint density at radius 2 is 2.22 bits per heavy atom. The highest BCUT2D eigenvalue weighted by Gasteiger charge is 2.18. The summed E-state index contributed by atoms with van der Waals surface area (Å²) < 4.78 is 0. The molecule has 0 saturated carbocycles. The molecule has 0 aromatic heterocycles. The van der Waals surface area contributed by atoms with Gasteiger partial charge in [-0.3, -0.25) is 0 Å². The third kappa shape index (κ3) is 1.98. The van der Waals surface area contributed by atoms with E-state index >= 15 is 0 Å². The van der Waals surface area contributed by atoms with Crippen LogP contribution in [0, 0.1) is 0 Å². The highest BCUT2D eigenvalue weighted by Crippen LogP contribution is 2.14. The van der Waals surface area contributed by atoms with Crippen molar-refractivity contribution in [1.82, 2.24) is 5.32 Å². The number of nitrogens with one attached hydrogen (secondary N) is 1. The molecule has 2 atom stereocenters. The summed E-state index contributed by atoms with van der Waals surface area (Å²) in [4.78, 5) is 0. The van der Waals surface area contributed by atoms with Gasteiger partial charge in [-0.1, -0.05) is 13.3 Å². The first-order valence-electron chi connectivity index (χ1n) is 4.09. The third-order valence-corrected chi connectivity index (χ3v) is 2.11. The van der Waals surface area contributed by atoms with Gasteiger partial charge in [-0.05, 0) is 26.2 Å². The van der Waals surface area contributed by atoms with Crippen molar-refractivity contribution in [1.29, 1.82) is 0 Å². The summed E-state index contributed by atoms with van der Waals surface area (Å²) in [6.45, 7) is 4.53. The lowest BCUT2D eigenvalue weighted by molar-refractivity contribution is 0.521. The highest BCUT2D eigenvalue weighted by atomic mass is 15.0. The van der Waals surface area contributed by atoms with E-state index in [1.165, 1.54) is 25.7 Å². The molecule has 1 heterocycles. The van der Waals surface area contributed by atoms with Crippen LogP contribution in [0.4, 0.5) is 0 Å². The van der Waals surface area contributed by atoms with E-state index in [1.54, 1.807) is 0 Å². The molecule has 1 fully saturated rings. The maximum Gasteiger partial charge on any atom is 0.00700 e. The van der Waals surface area contributed by atoms with Gasteiger partial charge in [-0.25, -0.2) is 0 Å². The Labute approximate surface area is 57.8 Å². The minimum Gasteiger partial charge on any atom is -0.312 e. The maximum absolute atomic E-state index is 3.55. The van der Waals surface area contributed by atoms with E-state index in [-0.39, 0.29) is 0 Å². The summed E-state index contributed by atoms with van der Waals surface area (Å²) in [6.07, 6.45) is 5.47. The first-order chi connectivity index (χ1) is 4.33. The van der Waals surface area contributed by atoms with Crippen molar-refractivity contribution in [2.24, 2.45) is 0 Å². The van der Waals surface area contributed by atoms with Gasteiger partial charge in [0.2, 0.25) is 0 Å². The summed E-state index contributed by atoms with van der Waals surface area (Å²) in [5.41, 5.74) is 0. The molecule has 0 amide bonds. The third-order valence-electron chi connectivity index (χ3n) is 2.11. The summed E-state index contributed by atoms with van der Waals surface area (Å²) in [7, 11) is 0. The molecule has 1 nitrogen and oxygen atoms in total. The van der Waals surface area contributed by atoms with Crippen LogP contribution in [-0.2, 0) is 0 Å². The van der Waals surface area contributed by atoms with Gasteiger partial charge >= 0.3 is 0 Å². The van der Waals surface area contributed by atoms with Crippen molar-refractivity contribution >= 4 is 0 Å². The lowest BCUT2D eigenvalue weighted by Gasteiger charge is -2.08. The molecule has 0 aliphatic carbocycles. The summed E-state index contributed by atoms with van der Waals surface area (Å²) in [6, 6.07) is 1.62. The molecule has 0 bridgehead atoms. The quantitative estimate of drug-likeness (QED) is 0.597. The van der Waals surface area contributed by atoms with E-state index in [9.17, 15) is 0 Å². The minimum absolute atomic E-state index is 0.779. The second-order valence-corrected chi connectivity index (χ2v) is 3.13. The van der Waals surface area contributed by atoms with Crippen LogP contribution in [0.25, 0.3) is 0 Å². The van der Waals surface area contributed by atoms with E-state index in [1.807, 2.05) is 0 Å². The van der Waals surface area contributed by atoms with Gasteiger partial charge in [0.05, 0.1) is 0 Å². The van der Waals surface area contributed by atoms with Gasteiger partial charge in [0.15, 0.2) is 0 Å². The van der Waals surface area contributed by atoms with Crippen molar-refractivity contribution in [3.63, 3.8) is 0 Å². The smallest absolute Gasteiger partial charge is 0.00700 e. The summed E-state index contributed by atoms with van der Waals surface area (Å²) >= 11 is 0. The monoisotopic (exact) mass is 127 g/mol.